The summed E-state index contributed by atoms with van der Waals surface area (Å²) in [6.45, 7) is 3.13. The SMILES string of the molecule is CNCN1CCCN(C)CC1=O. The Morgan fingerprint density at radius 1 is 1.50 bits per heavy atom. The van der Waals surface area contributed by atoms with Gasteiger partial charge in [-0.2, -0.15) is 0 Å². The molecule has 0 bridgehead atoms. The predicted octanol–water partition coefficient (Wildman–Crippen LogP) is -0.673. The van der Waals surface area contributed by atoms with Crippen LogP contribution < -0.4 is 5.32 Å². The van der Waals surface area contributed by atoms with Crippen molar-refractivity contribution in [2.45, 2.75) is 6.42 Å². The summed E-state index contributed by atoms with van der Waals surface area (Å²) < 4.78 is 0. The van der Waals surface area contributed by atoms with Crippen molar-refractivity contribution in [2.75, 3.05) is 40.4 Å². The largest absolute Gasteiger partial charge is 0.329 e. The number of hydrogen-bond donors (Lipinski definition) is 1. The van der Waals surface area contributed by atoms with Crippen molar-refractivity contribution in [3.8, 4) is 0 Å². The first-order chi connectivity index (χ1) is 5.74. The minimum absolute atomic E-state index is 0.226. The molecule has 0 atom stereocenters. The highest BCUT2D eigenvalue weighted by atomic mass is 16.2. The highest BCUT2D eigenvalue weighted by Crippen LogP contribution is 2.00. The molecular weight excluding hydrogens is 154 g/mol. The molecular formula is C8H17N3O. The second-order valence-corrected chi connectivity index (χ2v) is 3.26. The van der Waals surface area contributed by atoms with Crippen molar-refractivity contribution in [1.29, 1.82) is 0 Å². The van der Waals surface area contributed by atoms with Crippen molar-refractivity contribution >= 4 is 5.91 Å². The van der Waals surface area contributed by atoms with Crippen molar-refractivity contribution in [3.05, 3.63) is 0 Å². The molecule has 0 saturated carbocycles. The van der Waals surface area contributed by atoms with Crippen LogP contribution in [-0.4, -0.2) is 56.1 Å². The van der Waals surface area contributed by atoms with Crippen LogP contribution in [-0.2, 0) is 4.79 Å². The summed E-state index contributed by atoms with van der Waals surface area (Å²) in [4.78, 5) is 15.4. The average molecular weight is 171 g/mol. The maximum atomic E-state index is 11.5. The zero-order valence-corrected chi connectivity index (χ0v) is 7.84. The Bertz CT molecular complexity index is 160. The maximum absolute atomic E-state index is 11.5. The van der Waals surface area contributed by atoms with Crippen LogP contribution >= 0.6 is 0 Å². The fourth-order valence-corrected chi connectivity index (χ4v) is 1.42. The summed E-state index contributed by atoms with van der Waals surface area (Å²) in [5, 5.41) is 3.00. The first kappa shape index (κ1) is 9.48. The van der Waals surface area contributed by atoms with Crippen LogP contribution in [0.15, 0.2) is 0 Å². The van der Waals surface area contributed by atoms with E-state index < -0.39 is 0 Å². The Kier molecular flexibility index (Phi) is 3.49. The van der Waals surface area contributed by atoms with Gasteiger partial charge in [-0.3, -0.25) is 9.69 Å². The molecule has 0 aromatic rings. The molecule has 4 heteroatoms. The predicted molar refractivity (Wildman–Crippen MR) is 47.8 cm³/mol. The van der Waals surface area contributed by atoms with Crippen molar-refractivity contribution in [3.63, 3.8) is 0 Å². The Labute approximate surface area is 73.5 Å². The molecule has 1 aliphatic heterocycles. The van der Waals surface area contributed by atoms with Crippen LogP contribution in [0.3, 0.4) is 0 Å². The Hall–Kier alpha value is -0.610. The molecule has 0 aromatic heterocycles. The number of likely N-dealkylation sites (N-methyl/N-ethyl adjacent to an activating group) is 1. The first-order valence-corrected chi connectivity index (χ1v) is 4.35. The average Bonchev–Trinajstić information content (AvgIpc) is 2.15. The van der Waals surface area contributed by atoms with E-state index in [9.17, 15) is 4.79 Å². The van der Waals surface area contributed by atoms with Crippen LogP contribution in [0, 0.1) is 0 Å². The van der Waals surface area contributed by atoms with Crippen LogP contribution in [0.5, 0.6) is 0 Å². The number of carbonyl (C=O) groups excluding carboxylic acids is 1. The molecule has 0 aromatic carbocycles. The van der Waals surface area contributed by atoms with Gasteiger partial charge in [-0.05, 0) is 20.5 Å². The van der Waals surface area contributed by atoms with E-state index in [-0.39, 0.29) is 5.91 Å². The molecule has 12 heavy (non-hydrogen) atoms. The van der Waals surface area contributed by atoms with Crippen LogP contribution in [0.4, 0.5) is 0 Å². The number of hydrogen-bond acceptors (Lipinski definition) is 3. The molecule has 1 rings (SSSR count). The standard InChI is InChI=1S/C8H17N3O/c1-9-7-11-5-3-4-10(2)6-8(11)12/h9H,3-7H2,1-2H3. The van der Waals surface area contributed by atoms with Gasteiger partial charge < -0.3 is 10.2 Å². The zero-order valence-electron chi connectivity index (χ0n) is 7.84. The van der Waals surface area contributed by atoms with Gasteiger partial charge in [-0.25, -0.2) is 0 Å². The Morgan fingerprint density at radius 3 is 2.92 bits per heavy atom. The molecule has 1 aliphatic rings. The third kappa shape index (κ3) is 2.46. The minimum atomic E-state index is 0.226. The number of carbonyl (C=O) groups is 1. The monoisotopic (exact) mass is 171 g/mol. The van der Waals surface area contributed by atoms with E-state index in [1.165, 1.54) is 0 Å². The smallest absolute Gasteiger partial charge is 0.237 e. The molecule has 70 valence electrons. The van der Waals surface area contributed by atoms with Crippen molar-refractivity contribution < 1.29 is 4.79 Å². The quantitative estimate of drug-likeness (QED) is 0.598. The summed E-state index contributed by atoms with van der Waals surface area (Å²) in [5.41, 5.74) is 0. The van der Waals surface area contributed by atoms with Crippen LogP contribution in [0.2, 0.25) is 0 Å². The second kappa shape index (κ2) is 4.42. The van der Waals surface area contributed by atoms with Gasteiger partial charge in [0.1, 0.15) is 0 Å². The van der Waals surface area contributed by atoms with E-state index in [4.69, 9.17) is 0 Å². The van der Waals surface area contributed by atoms with Gasteiger partial charge >= 0.3 is 0 Å². The van der Waals surface area contributed by atoms with Crippen molar-refractivity contribution in [1.82, 2.24) is 15.1 Å². The van der Waals surface area contributed by atoms with E-state index in [1.54, 1.807) is 0 Å². The molecule has 1 saturated heterocycles. The van der Waals surface area contributed by atoms with Gasteiger partial charge in [0.25, 0.3) is 0 Å². The molecule has 1 fully saturated rings. The van der Waals surface area contributed by atoms with E-state index >= 15 is 0 Å². The van der Waals surface area contributed by atoms with Crippen LogP contribution in [0.25, 0.3) is 0 Å². The lowest BCUT2D eigenvalue weighted by atomic mass is 10.4. The number of nitrogens with one attached hydrogen (secondary N) is 1. The molecule has 1 N–H and O–H groups in total. The van der Waals surface area contributed by atoms with Gasteiger partial charge in [0.15, 0.2) is 0 Å². The Morgan fingerprint density at radius 2 is 2.25 bits per heavy atom. The topological polar surface area (TPSA) is 35.6 Å². The summed E-state index contributed by atoms with van der Waals surface area (Å²) in [5.74, 6) is 0.226. The highest BCUT2D eigenvalue weighted by Gasteiger charge is 2.17. The van der Waals surface area contributed by atoms with E-state index in [0.717, 1.165) is 19.5 Å². The number of amides is 1. The third-order valence-corrected chi connectivity index (χ3v) is 2.07. The van der Waals surface area contributed by atoms with Gasteiger partial charge in [-0.15, -0.1) is 0 Å². The lowest BCUT2D eigenvalue weighted by molar-refractivity contribution is -0.131. The molecule has 4 nitrogen and oxygen atoms in total. The minimum Gasteiger partial charge on any atom is -0.329 e. The first-order valence-electron chi connectivity index (χ1n) is 4.35. The van der Waals surface area contributed by atoms with E-state index in [2.05, 4.69) is 10.2 Å². The number of rotatable bonds is 2. The Balaban J connectivity index is 2.46. The molecule has 0 aliphatic carbocycles. The van der Waals surface area contributed by atoms with Gasteiger partial charge in [0.05, 0.1) is 13.2 Å². The maximum Gasteiger partial charge on any atom is 0.237 e. The molecule has 1 amide bonds. The summed E-state index contributed by atoms with van der Waals surface area (Å²) in [7, 11) is 3.85. The van der Waals surface area contributed by atoms with E-state index in [0.29, 0.717) is 13.2 Å². The zero-order chi connectivity index (χ0) is 8.97. The van der Waals surface area contributed by atoms with Gasteiger partial charge in [0, 0.05) is 13.1 Å². The summed E-state index contributed by atoms with van der Waals surface area (Å²) in [6.07, 6.45) is 1.07. The lowest BCUT2D eigenvalue weighted by Gasteiger charge is -2.19. The van der Waals surface area contributed by atoms with Crippen molar-refractivity contribution in [2.24, 2.45) is 0 Å². The molecule has 0 radical (unpaired) electrons. The highest BCUT2D eigenvalue weighted by molar-refractivity contribution is 5.78. The molecule has 0 spiro atoms. The van der Waals surface area contributed by atoms with E-state index in [1.807, 2.05) is 19.0 Å². The van der Waals surface area contributed by atoms with Gasteiger partial charge in [0.2, 0.25) is 5.91 Å². The summed E-state index contributed by atoms with van der Waals surface area (Å²) in [6, 6.07) is 0. The summed E-state index contributed by atoms with van der Waals surface area (Å²) >= 11 is 0. The van der Waals surface area contributed by atoms with Gasteiger partial charge in [-0.1, -0.05) is 0 Å². The van der Waals surface area contributed by atoms with Crippen LogP contribution in [0.1, 0.15) is 6.42 Å². The number of nitrogens with zero attached hydrogens (tertiary/aromatic N) is 2. The second-order valence-electron chi connectivity index (χ2n) is 3.26. The normalized spacial score (nSPS) is 21.2. The fourth-order valence-electron chi connectivity index (χ4n) is 1.42. The third-order valence-electron chi connectivity index (χ3n) is 2.07. The fraction of sp³-hybridized carbons (Fsp3) is 0.875. The molecule has 0 unspecified atom stereocenters. The molecule has 1 heterocycles. The lowest BCUT2D eigenvalue weighted by Crippen LogP contribution is -2.40.